The maximum absolute atomic E-state index is 12.9. The van der Waals surface area contributed by atoms with Crippen LogP contribution in [0, 0.1) is 0 Å². The summed E-state index contributed by atoms with van der Waals surface area (Å²) in [7, 11) is 0. The fourth-order valence-electron chi connectivity index (χ4n) is 5.35. The van der Waals surface area contributed by atoms with Crippen LogP contribution in [-0.2, 0) is 17.9 Å². The second kappa shape index (κ2) is 12.8. The average Bonchev–Trinajstić information content (AvgIpc) is 3.19. The van der Waals surface area contributed by atoms with Crippen molar-refractivity contribution in [3.8, 4) is 0 Å². The van der Waals surface area contributed by atoms with Gasteiger partial charge >= 0.3 is 206 Å². The molecule has 0 N–H and O–H groups in total. The molecule has 1 aliphatic rings. The van der Waals surface area contributed by atoms with Crippen LogP contribution in [0.1, 0.15) is 89.0 Å². The molecule has 0 spiro atoms. The quantitative estimate of drug-likeness (QED) is 0.249. The summed E-state index contributed by atoms with van der Waals surface area (Å²) in [6.45, 7) is 10.1. The molecule has 0 bridgehead atoms. The standard InChI is InChI=1S/C17H16NO2.3C4H9.Sn/c1-13-16-10-6-5-9-15(16)11-18(13)17(19)20-12-14-7-3-2-4-8-14;3*1-3-4-2;/h2-4,6-10,13H,11-12H2,1H3;3*1,3-4H2,2H3;/t13-;;;;/m1..../s1. The van der Waals surface area contributed by atoms with E-state index in [1.54, 1.807) is 3.58 Å². The minimum atomic E-state index is -2.47. The van der Waals surface area contributed by atoms with E-state index in [2.05, 4.69) is 45.9 Å². The second-order valence-electron chi connectivity index (χ2n) is 9.85. The van der Waals surface area contributed by atoms with E-state index in [1.807, 2.05) is 35.2 Å². The molecule has 3 nitrogen and oxygen atoms in total. The second-order valence-corrected chi connectivity index (χ2v) is 23.1. The van der Waals surface area contributed by atoms with Crippen molar-refractivity contribution in [1.82, 2.24) is 4.90 Å². The maximum atomic E-state index is 12.9. The predicted octanol–water partition coefficient (Wildman–Crippen LogP) is 7.96. The number of carbonyl (C=O) groups is 1. The summed E-state index contributed by atoms with van der Waals surface area (Å²) in [6.07, 6.45) is 7.78. The number of amides is 1. The van der Waals surface area contributed by atoms with E-state index >= 15 is 0 Å². The molecule has 0 radical (unpaired) electrons. The van der Waals surface area contributed by atoms with E-state index < -0.39 is 18.4 Å². The van der Waals surface area contributed by atoms with Crippen LogP contribution in [-0.4, -0.2) is 29.4 Å². The molecule has 0 aliphatic carbocycles. The van der Waals surface area contributed by atoms with Gasteiger partial charge < -0.3 is 0 Å². The summed E-state index contributed by atoms with van der Waals surface area (Å²) < 4.78 is 11.8. The van der Waals surface area contributed by atoms with Crippen molar-refractivity contribution >= 4 is 28.0 Å². The van der Waals surface area contributed by atoms with Gasteiger partial charge in [-0.25, -0.2) is 0 Å². The van der Waals surface area contributed by atoms with Gasteiger partial charge in [-0.05, 0) is 0 Å². The molecule has 0 aromatic heterocycles. The number of benzene rings is 2. The van der Waals surface area contributed by atoms with Gasteiger partial charge in [-0.1, -0.05) is 0 Å². The fraction of sp³-hybridized carbons (Fsp3) is 0.552. The summed E-state index contributed by atoms with van der Waals surface area (Å²) in [5.74, 6) is 0. The monoisotopic (exact) mass is 557 g/mol. The molecule has 0 unspecified atom stereocenters. The van der Waals surface area contributed by atoms with Gasteiger partial charge in [0.2, 0.25) is 0 Å². The number of hydrogen-bond acceptors (Lipinski definition) is 2. The van der Waals surface area contributed by atoms with Crippen LogP contribution in [0.25, 0.3) is 0 Å². The third kappa shape index (κ3) is 6.55. The first-order valence-corrected chi connectivity index (χ1v) is 20.6. The number of fused-ring (bicyclic) bond motifs is 1. The number of ether oxygens (including phenoxy) is 1. The Morgan fingerprint density at radius 1 is 0.939 bits per heavy atom. The normalized spacial score (nSPS) is 15.5. The molecule has 180 valence electrons. The molecular formula is C29H43NO2Sn. The molecule has 2 aromatic rings. The van der Waals surface area contributed by atoms with Crippen molar-refractivity contribution in [2.24, 2.45) is 0 Å². The van der Waals surface area contributed by atoms with Crippen LogP contribution >= 0.6 is 0 Å². The minimum absolute atomic E-state index is 0.0730. The van der Waals surface area contributed by atoms with Gasteiger partial charge in [0.05, 0.1) is 0 Å². The molecule has 2 aromatic carbocycles. The number of unbranched alkanes of at least 4 members (excludes halogenated alkanes) is 3. The van der Waals surface area contributed by atoms with Crippen molar-refractivity contribution in [3.05, 3.63) is 65.2 Å². The summed E-state index contributed by atoms with van der Waals surface area (Å²) in [5, 5.41) is 0. The Bertz CT molecular complexity index is 861. The van der Waals surface area contributed by atoms with Crippen molar-refractivity contribution in [3.63, 3.8) is 0 Å². The van der Waals surface area contributed by atoms with Crippen LogP contribution in [0.5, 0.6) is 0 Å². The van der Waals surface area contributed by atoms with E-state index in [0.717, 1.165) is 5.56 Å². The van der Waals surface area contributed by atoms with Gasteiger partial charge in [-0.3, -0.25) is 0 Å². The first-order chi connectivity index (χ1) is 16.0. The van der Waals surface area contributed by atoms with E-state index in [4.69, 9.17) is 4.74 Å². The first kappa shape index (κ1) is 26.1. The van der Waals surface area contributed by atoms with Gasteiger partial charge in [0.25, 0.3) is 0 Å². The SMILES string of the molecule is CCC[CH2][Sn]([CH2]CCC)([CH2]CCC)[c]1ccc2c(c1)CN(C(=O)OCc1ccccc1)[C@@H]2C. The Hall–Kier alpha value is -1.49. The molecule has 1 aliphatic heterocycles. The summed E-state index contributed by atoms with van der Waals surface area (Å²) in [6, 6.07) is 17.3. The van der Waals surface area contributed by atoms with Crippen molar-refractivity contribution in [1.29, 1.82) is 0 Å². The zero-order valence-corrected chi connectivity index (χ0v) is 24.1. The molecule has 0 fully saturated rings. The van der Waals surface area contributed by atoms with Gasteiger partial charge in [0.15, 0.2) is 0 Å². The summed E-state index contributed by atoms with van der Waals surface area (Å²) in [5.41, 5.74) is 3.68. The molecule has 3 rings (SSSR count). The molecular weight excluding hydrogens is 513 g/mol. The molecule has 0 saturated carbocycles. The molecule has 1 heterocycles. The Balaban J connectivity index is 1.79. The fourth-order valence-corrected chi connectivity index (χ4v) is 21.4. The summed E-state index contributed by atoms with van der Waals surface area (Å²) >= 11 is -2.47. The predicted molar refractivity (Wildman–Crippen MR) is 142 cm³/mol. The van der Waals surface area contributed by atoms with Gasteiger partial charge in [0, 0.05) is 0 Å². The van der Waals surface area contributed by atoms with E-state index in [0.29, 0.717) is 13.2 Å². The van der Waals surface area contributed by atoms with Crippen molar-refractivity contribution < 1.29 is 9.53 Å². The van der Waals surface area contributed by atoms with E-state index in [1.165, 1.54) is 63.0 Å². The molecule has 4 heteroatoms. The van der Waals surface area contributed by atoms with Crippen LogP contribution < -0.4 is 3.58 Å². The zero-order valence-electron chi connectivity index (χ0n) is 21.2. The number of nitrogens with zero attached hydrogens (tertiary/aromatic N) is 1. The topological polar surface area (TPSA) is 29.5 Å². The van der Waals surface area contributed by atoms with Crippen LogP contribution in [0.3, 0.4) is 0 Å². The first-order valence-electron chi connectivity index (χ1n) is 13.1. The molecule has 1 amide bonds. The van der Waals surface area contributed by atoms with Crippen LogP contribution in [0.15, 0.2) is 48.5 Å². The van der Waals surface area contributed by atoms with Gasteiger partial charge in [0.1, 0.15) is 0 Å². The number of carbonyl (C=O) groups excluding carboxylic acids is 1. The Labute approximate surface area is 205 Å². The number of rotatable bonds is 12. The Kier molecular flexibility index (Phi) is 10.2. The number of hydrogen-bond donors (Lipinski definition) is 0. The third-order valence-corrected chi connectivity index (χ3v) is 23.1. The Morgan fingerprint density at radius 3 is 2.12 bits per heavy atom. The Morgan fingerprint density at radius 2 is 1.55 bits per heavy atom. The van der Waals surface area contributed by atoms with Crippen LogP contribution in [0.4, 0.5) is 4.79 Å². The van der Waals surface area contributed by atoms with Gasteiger partial charge in [-0.2, -0.15) is 0 Å². The zero-order chi connectivity index (χ0) is 23.7. The average molecular weight is 556 g/mol. The van der Waals surface area contributed by atoms with Gasteiger partial charge in [-0.15, -0.1) is 0 Å². The van der Waals surface area contributed by atoms with Crippen molar-refractivity contribution in [2.45, 2.75) is 98.7 Å². The third-order valence-electron chi connectivity index (χ3n) is 7.48. The molecule has 0 saturated heterocycles. The van der Waals surface area contributed by atoms with E-state index in [-0.39, 0.29) is 12.1 Å². The molecule has 1 atom stereocenters. The molecule has 33 heavy (non-hydrogen) atoms. The van der Waals surface area contributed by atoms with E-state index in [9.17, 15) is 4.79 Å². The van der Waals surface area contributed by atoms with Crippen molar-refractivity contribution in [2.75, 3.05) is 0 Å². The summed E-state index contributed by atoms with van der Waals surface area (Å²) in [4.78, 5) is 14.8. The van der Waals surface area contributed by atoms with Crippen LogP contribution in [0.2, 0.25) is 13.3 Å².